The number of rotatable bonds is 8. The number of hydrogen-bond donors (Lipinski definition) is 3. The summed E-state index contributed by atoms with van der Waals surface area (Å²) in [7, 11) is 1.82. The molecule has 0 bridgehead atoms. The smallest absolute Gasteiger partial charge is 0.251 e. The number of nitrogens with zero attached hydrogens (tertiary/aromatic N) is 5. The average Bonchev–Trinajstić information content (AvgIpc) is 3.73. The summed E-state index contributed by atoms with van der Waals surface area (Å²) in [4.78, 5) is 46.4. The molecule has 3 amide bonds. The molecule has 3 N–H and O–H groups in total. The zero-order valence-corrected chi connectivity index (χ0v) is 25.7. The van der Waals surface area contributed by atoms with Crippen LogP contribution in [0.25, 0.3) is 16.8 Å². The molecule has 1 saturated heterocycles. The van der Waals surface area contributed by atoms with Gasteiger partial charge in [-0.1, -0.05) is 45.0 Å². The Morgan fingerprint density at radius 2 is 1.84 bits per heavy atom. The Kier molecular flexibility index (Phi) is 8.68. The predicted octanol–water partition coefficient (Wildman–Crippen LogP) is 3.00. The predicted molar refractivity (Wildman–Crippen MR) is 166 cm³/mol. The third kappa shape index (κ3) is 6.73. The topological polar surface area (TPSA) is 134 Å². The molecule has 0 radical (unpaired) electrons. The van der Waals surface area contributed by atoms with Crippen LogP contribution in [-0.2, 0) is 23.2 Å². The molecule has 1 aliphatic rings. The number of aliphatic hydroxyl groups excluding tert-OH is 1. The Balaban J connectivity index is 1.27. The van der Waals surface area contributed by atoms with Crippen molar-refractivity contribution in [3.05, 3.63) is 90.3 Å². The van der Waals surface area contributed by atoms with Gasteiger partial charge in [-0.15, -0.1) is 0 Å². The molecular weight excluding hydrogens is 558 g/mol. The van der Waals surface area contributed by atoms with Gasteiger partial charge in [0.15, 0.2) is 0 Å². The van der Waals surface area contributed by atoms with Crippen molar-refractivity contribution in [3.8, 4) is 16.8 Å². The maximum absolute atomic E-state index is 14.0. The molecule has 1 aliphatic heterocycles. The summed E-state index contributed by atoms with van der Waals surface area (Å²) < 4.78 is 3.65. The molecule has 1 fully saturated rings. The van der Waals surface area contributed by atoms with Crippen molar-refractivity contribution in [2.24, 2.45) is 12.5 Å². The number of amides is 3. The number of aromatic nitrogens is 4. The molecular formula is C33H39N7O4. The lowest BCUT2D eigenvalue weighted by Gasteiger charge is -2.35. The van der Waals surface area contributed by atoms with Gasteiger partial charge < -0.3 is 25.2 Å². The van der Waals surface area contributed by atoms with Crippen LogP contribution in [0, 0.1) is 12.3 Å². The molecule has 0 saturated carbocycles. The quantitative estimate of drug-likeness (QED) is 0.286. The molecule has 44 heavy (non-hydrogen) atoms. The summed E-state index contributed by atoms with van der Waals surface area (Å²) in [6.07, 6.45) is 6.48. The highest BCUT2D eigenvalue weighted by Crippen LogP contribution is 2.27. The molecule has 0 spiro atoms. The molecule has 11 nitrogen and oxygen atoms in total. The van der Waals surface area contributed by atoms with Crippen LogP contribution in [-0.4, -0.2) is 71.8 Å². The number of carbonyl (C=O) groups excluding carboxylic acids is 3. The van der Waals surface area contributed by atoms with Crippen LogP contribution in [0.1, 0.15) is 48.9 Å². The zero-order valence-electron chi connectivity index (χ0n) is 25.7. The van der Waals surface area contributed by atoms with E-state index < -0.39 is 35.4 Å². The summed E-state index contributed by atoms with van der Waals surface area (Å²) in [5, 5.41) is 20.5. The van der Waals surface area contributed by atoms with E-state index in [2.05, 4.69) is 20.7 Å². The number of carbonyl (C=O) groups is 3. The summed E-state index contributed by atoms with van der Waals surface area (Å²) in [6.45, 7) is 7.78. The fourth-order valence-electron chi connectivity index (χ4n) is 5.48. The highest BCUT2D eigenvalue weighted by atomic mass is 16.3. The number of likely N-dealkylation sites (tertiary alicyclic amines) is 1. The van der Waals surface area contributed by atoms with Gasteiger partial charge >= 0.3 is 0 Å². The summed E-state index contributed by atoms with van der Waals surface area (Å²) >= 11 is 0. The zero-order chi connectivity index (χ0) is 31.6. The van der Waals surface area contributed by atoms with Crippen molar-refractivity contribution in [2.45, 2.75) is 58.8 Å². The van der Waals surface area contributed by atoms with E-state index >= 15 is 0 Å². The highest BCUT2D eigenvalue weighted by Gasteiger charge is 2.44. The molecule has 11 heteroatoms. The maximum atomic E-state index is 14.0. The second-order valence-corrected chi connectivity index (χ2v) is 12.4. The van der Waals surface area contributed by atoms with Crippen LogP contribution >= 0.6 is 0 Å². The summed E-state index contributed by atoms with van der Waals surface area (Å²) in [6, 6.07) is 13.1. The minimum Gasteiger partial charge on any atom is -0.391 e. The average molecular weight is 598 g/mol. The van der Waals surface area contributed by atoms with Crippen LogP contribution in [0.15, 0.2) is 73.3 Å². The lowest BCUT2D eigenvalue weighted by molar-refractivity contribution is -0.142. The molecule has 0 unspecified atom stereocenters. The fraction of sp³-hybridized carbons (Fsp3) is 0.364. The Morgan fingerprint density at radius 1 is 1.09 bits per heavy atom. The van der Waals surface area contributed by atoms with Crippen molar-refractivity contribution in [2.75, 3.05) is 6.54 Å². The summed E-state index contributed by atoms with van der Waals surface area (Å²) in [5.41, 5.74) is 3.29. The number of β-amino-alcohol motifs (C(OH)–C–C–N with tert-alkyl or cyclic N) is 1. The van der Waals surface area contributed by atoms with Crippen LogP contribution < -0.4 is 10.6 Å². The first-order valence-corrected chi connectivity index (χ1v) is 14.7. The molecule has 5 rings (SSSR count). The van der Waals surface area contributed by atoms with Crippen molar-refractivity contribution >= 4 is 17.7 Å². The van der Waals surface area contributed by atoms with Gasteiger partial charge in [-0.05, 0) is 47.7 Å². The molecule has 2 aromatic heterocycles. The SMILES string of the molecule is Cc1nccn1-c1ccc(CNC(=O)[C@@H]2C[C@@H](O)CN2C(=O)[C@@H](NC(=O)c2cccc(-c3cnn(C)c3)c2)C(C)(C)C)cc1. The normalized spacial score (nSPS) is 17.4. The van der Waals surface area contributed by atoms with Crippen LogP contribution in [0.3, 0.4) is 0 Å². The molecule has 3 heterocycles. The number of imidazole rings is 1. The molecule has 0 aliphatic carbocycles. The number of hydrogen-bond acceptors (Lipinski definition) is 6. The van der Waals surface area contributed by atoms with E-state index in [1.807, 2.05) is 82.0 Å². The Labute approximate surface area is 256 Å². The van der Waals surface area contributed by atoms with E-state index in [1.54, 1.807) is 35.3 Å². The summed E-state index contributed by atoms with van der Waals surface area (Å²) in [5.74, 6) is -0.295. The van der Waals surface area contributed by atoms with Gasteiger partial charge in [-0.3, -0.25) is 19.1 Å². The van der Waals surface area contributed by atoms with Crippen LogP contribution in [0.5, 0.6) is 0 Å². The first-order valence-electron chi connectivity index (χ1n) is 14.7. The Bertz CT molecular complexity index is 1650. The number of benzene rings is 2. The van der Waals surface area contributed by atoms with E-state index in [4.69, 9.17) is 0 Å². The van der Waals surface area contributed by atoms with Gasteiger partial charge in [0.25, 0.3) is 5.91 Å². The van der Waals surface area contributed by atoms with E-state index in [-0.39, 0.29) is 25.4 Å². The second kappa shape index (κ2) is 12.5. The third-order valence-corrected chi connectivity index (χ3v) is 7.92. The van der Waals surface area contributed by atoms with Gasteiger partial charge in [-0.2, -0.15) is 5.10 Å². The standard InChI is InChI=1S/C33H39N7O4/c1-21-34-13-14-39(21)26-11-9-22(10-12-26)17-35-31(43)28-16-27(41)20-40(28)32(44)29(33(2,3)4)37-30(42)24-8-6-7-23(15-24)25-18-36-38(5)19-25/h6-15,18-19,27-29,41H,16-17,20H2,1-5H3,(H,35,43)(H,37,42)/t27-,28+,29-/m1/s1. The minimum absolute atomic E-state index is 0.00875. The van der Waals surface area contributed by atoms with Crippen molar-refractivity contribution < 1.29 is 19.5 Å². The van der Waals surface area contributed by atoms with Gasteiger partial charge in [0.1, 0.15) is 17.9 Å². The van der Waals surface area contributed by atoms with Crippen LogP contribution in [0.2, 0.25) is 0 Å². The number of nitrogens with one attached hydrogen (secondary N) is 2. The third-order valence-electron chi connectivity index (χ3n) is 7.92. The second-order valence-electron chi connectivity index (χ2n) is 12.4. The molecule has 2 aromatic carbocycles. The van der Waals surface area contributed by atoms with E-state index in [9.17, 15) is 19.5 Å². The maximum Gasteiger partial charge on any atom is 0.251 e. The molecule has 4 aromatic rings. The van der Waals surface area contributed by atoms with E-state index in [0.29, 0.717) is 5.56 Å². The van der Waals surface area contributed by atoms with Gasteiger partial charge in [0.2, 0.25) is 11.8 Å². The Morgan fingerprint density at radius 3 is 2.48 bits per heavy atom. The number of aryl methyl sites for hydroxylation is 2. The van der Waals surface area contributed by atoms with Gasteiger partial charge in [0.05, 0.1) is 12.3 Å². The minimum atomic E-state index is -0.933. The molecule has 3 atom stereocenters. The monoisotopic (exact) mass is 597 g/mol. The van der Waals surface area contributed by atoms with E-state index in [0.717, 1.165) is 28.2 Å². The van der Waals surface area contributed by atoms with Crippen molar-refractivity contribution in [1.82, 2.24) is 34.9 Å². The van der Waals surface area contributed by atoms with Gasteiger partial charge in [-0.25, -0.2) is 4.98 Å². The first-order chi connectivity index (χ1) is 20.9. The first kappa shape index (κ1) is 30.7. The molecule has 230 valence electrons. The number of aliphatic hydroxyl groups is 1. The van der Waals surface area contributed by atoms with Crippen LogP contribution in [0.4, 0.5) is 0 Å². The largest absolute Gasteiger partial charge is 0.391 e. The fourth-order valence-corrected chi connectivity index (χ4v) is 5.48. The van der Waals surface area contributed by atoms with Crippen molar-refractivity contribution in [1.29, 1.82) is 0 Å². The van der Waals surface area contributed by atoms with E-state index in [1.165, 1.54) is 4.90 Å². The lowest BCUT2D eigenvalue weighted by atomic mass is 9.85. The lowest BCUT2D eigenvalue weighted by Crippen LogP contribution is -2.57. The highest BCUT2D eigenvalue weighted by molar-refractivity contribution is 5.99. The Hall–Kier alpha value is -4.77. The van der Waals surface area contributed by atoms with Gasteiger partial charge in [0, 0.05) is 62.0 Å². The van der Waals surface area contributed by atoms with Crippen molar-refractivity contribution in [3.63, 3.8) is 0 Å².